The van der Waals surface area contributed by atoms with E-state index in [1.807, 2.05) is 0 Å². The maximum absolute atomic E-state index is 11.4. The van der Waals surface area contributed by atoms with E-state index in [-0.39, 0.29) is 12.3 Å². The molecule has 0 aromatic rings. The van der Waals surface area contributed by atoms with Crippen molar-refractivity contribution in [1.82, 2.24) is 5.32 Å². The number of carbonyl (C=O) groups is 2. The summed E-state index contributed by atoms with van der Waals surface area (Å²) in [6.07, 6.45) is -1.60. The predicted molar refractivity (Wildman–Crippen MR) is 54.6 cm³/mol. The molecule has 0 aromatic heterocycles. The van der Waals surface area contributed by atoms with E-state index in [0.29, 0.717) is 0 Å². The van der Waals surface area contributed by atoms with Crippen molar-refractivity contribution in [2.75, 3.05) is 0 Å². The third kappa shape index (κ3) is 1.68. The van der Waals surface area contributed by atoms with Crippen LogP contribution in [0.2, 0.25) is 0 Å². The molecule has 92 valence electrons. The summed E-state index contributed by atoms with van der Waals surface area (Å²) < 4.78 is 0. The Morgan fingerprint density at radius 2 is 2.06 bits per heavy atom. The van der Waals surface area contributed by atoms with Gasteiger partial charge in [0, 0.05) is 0 Å². The monoisotopic (exact) mass is 231 g/mol. The molecule has 0 aliphatic carbocycles. The fourth-order valence-corrected chi connectivity index (χ4v) is 2.07. The van der Waals surface area contributed by atoms with Gasteiger partial charge < -0.3 is 20.6 Å². The zero-order chi connectivity index (χ0) is 12.7. The van der Waals surface area contributed by atoms with Crippen LogP contribution in [0.4, 0.5) is 0 Å². The quantitative estimate of drug-likeness (QED) is 0.503. The molecule has 1 aliphatic heterocycles. The number of carboxylic acids is 1. The molecule has 0 bridgehead atoms. The van der Waals surface area contributed by atoms with E-state index in [1.165, 1.54) is 0 Å². The van der Waals surface area contributed by atoms with Gasteiger partial charge in [0.05, 0.1) is 0 Å². The number of nitrogens with one attached hydrogen (secondary N) is 1. The molecule has 1 saturated heterocycles. The Labute approximate surface area is 93.3 Å². The van der Waals surface area contributed by atoms with Gasteiger partial charge in [0.25, 0.3) is 5.91 Å². The van der Waals surface area contributed by atoms with E-state index in [0.717, 1.165) is 6.92 Å². The van der Waals surface area contributed by atoms with Gasteiger partial charge in [-0.05, 0) is 19.3 Å². The lowest BCUT2D eigenvalue weighted by molar-refractivity contribution is -0.154. The van der Waals surface area contributed by atoms with Crippen molar-refractivity contribution in [2.45, 2.75) is 44.4 Å². The Kier molecular flexibility index (Phi) is 3.00. The first-order valence-electron chi connectivity index (χ1n) is 5.11. The van der Waals surface area contributed by atoms with Crippen LogP contribution in [0.1, 0.15) is 27.2 Å². The SMILES string of the molecule is CC(C)CC1(C(=O)O)NC(=O)C(C)(O)C1O. The molecular formula is C10H17NO5. The summed E-state index contributed by atoms with van der Waals surface area (Å²) in [4.78, 5) is 22.6. The van der Waals surface area contributed by atoms with Crippen molar-refractivity contribution >= 4 is 11.9 Å². The Morgan fingerprint density at radius 3 is 2.31 bits per heavy atom. The molecular weight excluding hydrogens is 214 g/mol. The number of aliphatic carboxylic acids is 1. The molecule has 3 unspecified atom stereocenters. The Morgan fingerprint density at radius 1 is 1.56 bits per heavy atom. The zero-order valence-corrected chi connectivity index (χ0v) is 9.52. The van der Waals surface area contributed by atoms with Crippen molar-refractivity contribution in [2.24, 2.45) is 5.92 Å². The molecule has 1 amide bonds. The number of rotatable bonds is 3. The number of carbonyl (C=O) groups excluding carboxylic acids is 1. The van der Waals surface area contributed by atoms with E-state index in [2.05, 4.69) is 5.32 Å². The largest absolute Gasteiger partial charge is 0.479 e. The van der Waals surface area contributed by atoms with Crippen LogP contribution in [0.15, 0.2) is 0 Å². The maximum Gasteiger partial charge on any atom is 0.332 e. The van der Waals surface area contributed by atoms with E-state index < -0.39 is 29.1 Å². The molecule has 6 nitrogen and oxygen atoms in total. The first-order chi connectivity index (χ1) is 7.14. The van der Waals surface area contributed by atoms with Crippen LogP contribution in [0.3, 0.4) is 0 Å². The second-order valence-electron chi connectivity index (χ2n) is 4.88. The minimum Gasteiger partial charge on any atom is -0.479 e. The molecule has 0 saturated carbocycles. The van der Waals surface area contributed by atoms with Crippen LogP contribution in [0, 0.1) is 5.92 Å². The van der Waals surface area contributed by atoms with Crippen LogP contribution < -0.4 is 5.32 Å². The molecule has 1 heterocycles. The third-order valence-electron chi connectivity index (χ3n) is 2.91. The van der Waals surface area contributed by atoms with E-state index in [4.69, 9.17) is 5.11 Å². The molecule has 1 aliphatic rings. The van der Waals surface area contributed by atoms with Crippen molar-refractivity contribution < 1.29 is 24.9 Å². The summed E-state index contributed by atoms with van der Waals surface area (Å²) in [6, 6.07) is 0. The predicted octanol–water partition coefficient (Wildman–Crippen LogP) is -0.902. The van der Waals surface area contributed by atoms with Gasteiger partial charge in [0.15, 0.2) is 11.1 Å². The topological polar surface area (TPSA) is 107 Å². The second-order valence-corrected chi connectivity index (χ2v) is 4.88. The zero-order valence-electron chi connectivity index (χ0n) is 9.52. The van der Waals surface area contributed by atoms with Gasteiger partial charge in [-0.1, -0.05) is 13.8 Å². The van der Waals surface area contributed by atoms with Crippen LogP contribution >= 0.6 is 0 Å². The van der Waals surface area contributed by atoms with Gasteiger partial charge in [-0.15, -0.1) is 0 Å². The lowest BCUT2D eigenvalue weighted by Crippen LogP contribution is -2.58. The third-order valence-corrected chi connectivity index (χ3v) is 2.91. The molecule has 6 heteroatoms. The summed E-state index contributed by atoms with van der Waals surface area (Å²) in [5.74, 6) is -2.23. The molecule has 0 aromatic carbocycles. The maximum atomic E-state index is 11.4. The average Bonchev–Trinajstić information content (AvgIpc) is 2.28. The highest BCUT2D eigenvalue weighted by atomic mass is 16.4. The average molecular weight is 231 g/mol. The van der Waals surface area contributed by atoms with Gasteiger partial charge in [-0.25, -0.2) is 4.79 Å². The Hall–Kier alpha value is -1.14. The van der Waals surface area contributed by atoms with Gasteiger partial charge in [0.2, 0.25) is 0 Å². The lowest BCUT2D eigenvalue weighted by Gasteiger charge is -2.31. The number of amides is 1. The van der Waals surface area contributed by atoms with E-state index >= 15 is 0 Å². The fraction of sp³-hybridized carbons (Fsp3) is 0.800. The summed E-state index contributed by atoms with van der Waals surface area (Å²) >= 11 is 0. The molecule has 4 N–H and O–H groups in total. The van der Waals surface area contributed by atoms with E-state index in [1.54, 1.807) is 13.8 Å². The molecule has 3 atom stereocenters. The second kappa shape index (κ2) is 3.71. The molecule has 1 fully saturated rings. The summed E-state index contributed by atoms with van der Waals surface area (Å²) in [5, 5.41) is 30.9. The number of carboxylic acid groups (broad SMARTS) is 1. The van der Waals surface area contributed by atoms with Crippen molar-refractivity contribution in [3.8, 4) is 0 Å². The van der Waals surface area contributed by atoms with Crippen LogP contribution in [-0.4, -0.2) is 44.4 Å². The van der Waals surface area contributed by atoms with Gasteiger partial charge in [-0.2, -0.15) is 0 Å². The van der Waals surface area contributed by atoms with Crippen molar-refractivity contribution in [3.05, 3.63) is 0 Å². The van der Waals surface area contributed by atoms with E-state index in [9.17, 15) is 19.8 Å². The minimum absolute atomic E-state index is 0.0417. The smallest absolute Gasteiger partial charge is 0.332 e. The van der Waals surface area contributed by atoms with Gasteiger partial charge >= 0.3 is 5.97 Å². The number of aliphatic hydroxyl groups is 2. The summed E-state index contributed by atoms with van der Waals surface area (Å²) in [6.45, 7) is 4.66. The fourth-order valence-electron chi connectivity index (χ4n) is 2.07. The molecule has 0 spiro atoms. The van der Waals surface area contributed by atoms with Crippen LogP contribution in [0.5, 0.6) is 0 Å². The molecule has 0 radical (unpaired) electrons. The molecule has 1 rings (SSSR count). The lowest BCUT2D eigenvalue weighted by atomic mass is 9.81. The summed E-state index contributed by atoms with van der Waals surface area (Å²) in [5.41, 5.74) is -3.86. The Bertz CT molecular complexity index is 325. The minimum atomic E-state index is -2.06. The number of aliphatic hydroxyl groups excluding tert-OH is 1. The van der Waals surface area contributed by atoms with Crippen LogP contribution in [0.25, 0.3) is 0 Å². The highest BCUT2D eigenvalue weighted by Gasteiger charge is 2.63. The first kappa shape index (κ1) is 12.9. The normalized spacial score (nSPS) is 38.9. The first-order valence-corrected chi connectivity index (χ1v) is 5.11. The van der Waals surface area contributed by atoms with Gasteiger partial charge in [-0.3, -0.25) is 4.79 Å². The Balaban J connectivity index is 3.15. The summed E-state index contributed by atoms with van der Waals surface area (Å²) in [7, 11) is 0. The number of hydrogen-bond donors (Lipinski definition) is 4. The van der Waals surface area contributed by atoms with Crippen molar-refractivity contribution in [3.63, 3.8) is 0 Å². The van der Waals surface area contributed by atoms with Crippen molar-refractivity contribution in [1.29, 1.82) is 0 Å². The standard InChI is InChI=1S/C10H17NO5/c1-5(2)4-10(8(14)15)6(12)9(3,16)7(13)11-10/h5-6,12,16H,4H2,1-3H3,(H,11,13)(H,14,15). The number of hydrogen-bond acceptors (Lipinski definition) is 4. The highest BCUT2D eigenvalue weighted by Crippen LogP contribution is 2.34. The van der Waals surface area contributed by atoms with Gasteiger partial charge in [0.1, 0.15) is 6.10 Å². The van der Waals surface area contributed by atoms with Crippen LogP contribution in [-0.2, 0) is 9.59 Å². The highest BCUT2D eigenvalue weighted by molar-refractivity contribution is 5.97. The molecule has 16 heavy (non-hydrogen) atoms.